The SMILES string of the molecule is Nc1nc(=O)n([C@@]2([C@@H]3O[C@H](CO)[C@@H](O)[C@H](O)[C@H]3O)C[C@H](O)[C@@H](CO)O2)cc1CO. The minimum absolute atomic E-state index is 0.0408. The molecule has 13 nitrogen and oxygen atoms in total. The molecular formula is C16H25N3O10. The van der Waals surface area contributed by atoms with Gasteiger partial charge in [-0.2, -0.15) is 4.98 Å². The Morgan fingerprint density at radius 2 is 1.76 bits per heavy atom. The molecule has 0 saturated carbocycles. The minimum atomic E-state index is -2.00. The van der Waals surface area contributed by atoms with Crippen LogP contribution in [0.15, 0.2) is 11.0 Å². The lowest BCUT2D eigenvalue weighted by molar-refractivity contribution is -0.297. The molecule has 2 aliphatic rings. The standard InChI is InChI=1S/C16H25N3O10/c17-14-6(3-20)2-19(15(27)18-14)16(1-7(23)8(4-21)29-16)13-12(26)11(25)10(24)9(5-22)28-13/h2,7-13,20-26H,1,3-5H2,(H2,17,18,27)/t7-,8+,9+,10+,11-,12+,13+,16-/m0/s1. The number of nitrogens with zero attached hydrogens (tertiary/aromatic N) is 2. The Kier molecular flexibility index (Phi) is 6.24. The van der Waals surface area contributed by atoms with Gasteiger partial charge < -0.3 is 51.0 Å². The van der Waals surface area contributed by atoms with Crippen molar-refractivity contribution in [1.29, 1.82) is 0 Å². The van der Waals surface area contributed by atoms with Crippen LogP contribution < -0.4 is 11.4 Å². The first-order chi connectivity index (χ1) is 13.7. The molecule has 13 heteroatoms. The number of aromatic nitrogens is 2. The van der Waals surface area contributed by atoms with E-state index in [9.17, 15) is 40.5 Å². The van der Waals surface area contributed by atoms with Crippen LogP contribution in [0.25, 0.3) is 0 Å². The van der Waals surface area contributed by atoms with Gasteiger partial charge in [-0.1, -0.05) is 0 Å². The maximum absolute atomic E-state index is 12.6. The van der Waals surface area contributed by atoms with Crippen LogP contribution in [0.5, 0.6) is 0 Å². The van der Waals surface area contributed by atoms with Crippen LogP contribution in [0, 0.1) is 0 Å². The maximum Gasteiger partial charge on any atom is 0.351 e. The van der Waals surface area contributed by atoms with Gasteiger partial charge in [0.05, 0.1) is 25.9 Å². The Balaban J connectivity index is 2.17. The van der Waals surface area contributed by atoms with E-state index < -0.39 is 74.0 Å². The van der Waals surface area contributed by atoms with Crippen molar-refractivity contribution in [2.24, 2.45) is 0 Å². The van der Waals surface area contributed by atoms with Crippen molar-refractivity contribution in [2.75, 3.05) is 18.9 Å². The molecule has 0 amide bonds. The number of aliphatic hydroxyl groups is 7. The third-order valence-corrected chi connectivity index (χ3v) is 5.42. The smallest absolute Gasteiger partial charge is 0.351 e. The average Bonchev–Trinajstić information content (AvgIpc) is 3.03. The molecule has 3 heterocycles. The van der Waals surface area contributed by atoms with Gasteiger partial charge in [0.25, 0.3) is 0 Å². The number of nitrogens with two attached hydrogens (primary N) is 1. The summed E-state index contributed by atoms with van der Waals surface area (Å²) in [4.78, 5) is 16.2. The van der Waals surface area contributed by atoms with E-state index in [0.29, 0.717) is 0 Å². The lowest BCUT2D eigenvalue weighted by atomic mass is 9.87. The summed E-state index contributed by atoms with van der Waals surface area (Å²) >= 11 is 0. The number of aliphatic hydroxyl groups excluding tert-OH is 7. The highest BCUT2D eigenvalue weighted by atomic mass is 16.6. The number of hydrogen-bond donors (Lipinski definition) is 8. The van der Waals surface area contributed by atoms with E-state index >= 15 is 0 Å². The number of anilines is 1. The zero-order valence-corrected chi connectivity index (χ0v) is 15.3. The van der Waals surface area contributed by atoms with Crippen molar-refractivity contribution < 1.29 is 45.2 Å². The highest BCUT2D eigenvalue weighted by Gasteiger charge is 2.60. The third kappa shape index (κ3) is 3.54. The Morgan fingerprint density at radius 1 is 1.10 bits per heavy atom. The molecule has 8 atom stereocenters. The van der Waals surface area contributed by atoms with Gasteiger partial charge in [0.1, 0.15) is 42.4 Å². The average molecular weight is 419 g/mol. The summed E-state index contributed by atoms with van der Waals surface area (Å²) in [5.41, 5.74) is 2.68. The molecule has 0 spiro atoms. The summed E-state index contributed by atoms with van der Waals surface area (Å²) in [6.45, 7) is -1.94. The van der Waals surface area contributed by atoms with Gasteiger partial charge in [-0.15, -0.1) is 0 Å². The highest BCUT2D eigenvalue weighted by molar-refractivity contribution is 5.36. The van der Waals surface area contributed by atoms with Gasteiger partial charge in [0.15, 0.2) is 5.72 Å². The fourth-order valence-corrected chi connectivity index (χ4v) is 3.83. The fraction of sp³-hybridized carbons (Fsp3) is 0.750. The molecule has 1 aromatic rings. The van der Waals surface area contributed by atoms with Gasteiger partial charge in [-0.25, -0.2) is 4.79 Å². The summed E-state index contributed by atoms with van der Waals surface area (Å²) in [6.07, 6.45) is -9.85. The van der Waals surface area contributed by atoms with Crippen molar-refractivity contribution in [1.82, 2.24) is 9.55 Å². The van der Waals surface area contributed by atoms with Crippen LogP contribution in [0.4, 0.5) is 5.82 Å². The quantitative estimate of drug-likeness (QED) is 0.225. The second-order valence-corrected chi connectivity index (χ2v) is 7.17. The molecule has 2 saturated heterocycles. The number of ether oxygens (including phenoxy) is 2. The van der Waals surface area contributed by atoms with Crippen LogP contribution in [-0.4, -0.2) is 101 Å². The Hall–Kier alpha value is -1.68. The first-order valence-corrected chi connectivity index (χ1v) is 8.96. The molecule has 1 aromatic heterocycles. The molecular weight excluding hydrogens is 394 g/mol. The van der Waals surface area contributed by atoms with E-state index in [2.05, 4.69) is 4.98 Å². The lowest BCUT2D eigenvalue weighted by Crippen LogP contribution is -2.66. The van der Waals surface area contributed by atoms with E-state index in [0.717, 1.165) is 10.8 Å². The summed E-state index contributed by atoms with van der Waals surface area (Å²) in [7, 11) is 0. The largest absolute Gasteiger partial charge is 0.394 e. The molecule has 164 valence electrons. The van der Waals surface area contributed by atoms with E-state index in [1.54, 1.807) is 0 Å². The second-order valence-electron chi connectivity index (χ2n) is 7.17. The first-order valence-electron chi connectivity index (χ1n) is 8.96. The van der Waals surface area contributed by atoms with Crippen LogP contribution in [0.2, 0.25) is 0 Å². The van der Waals surface area contributed by atoms with Crippen molar-refractivity contribution in [2.45, 2.75) is 61.5 Å². The Bertz CT molecular complexity index is 789. The van der Waals surface area contributed by atoms with Gasteiger partial charge in [-0.3, -0.25) is 4.57 Å². The molecule has 2 fully saturated rings. The molecule has 0 aromatic carbocycles. The topological polar surface area (TPSA) is 221 Å². The normalized spacial score (nSPS) is 40.3. The molecule has 3 rings (SSSR count). The van der Waals surface area contributed by atoms with Crippen molar-refractivity contribution >= 4 is 5.82 Å². The van der Waals surface area contributed by atoms with Crippen LogP contribution in [0.1, 0.15) is 12.0 Å². The van der Waals surface area contributed by atoms with E-state index in [4.69, 9.17) is 15.2 Å². The first kappa shape index (κ1) is 22.0. The molecule has 0 radical (unpaired) electrons. The van der Waals surface area contributed by atoms with E-state index in [1.807, 2.05) is 0 Å². The number of rotatable bonds is 5. The molecule has 0 bridgehead atoms. The predicted octanol–water partition coefficient (Wildman–Crippen LogP) is -5.04. The second kappa shape index (κ2) is 8.22. The zero-order valence-electron chi connectivity index (χ0n) is 15.3. The molecule has 29 heavy (non-hydrogen) atoms. The van der Waals surface area contributed by atoms with Crippen LogP contribution in [0.3, 0.4) is 0 Å². The van der Waals surface area contributed by atoms with E-state index in [-0.39, 0.29) is 17.8 Å². The molecule has 0 unspecified atom stereocenters. The zero-order chi connectivity index (χ0) is 21.5. The van der Waals surface area contributed by atoms with E-state index in [1.165, 1.54) is 0 Å². The lowest BCUT2D eigenvalue weighted by Gasteiger charge is -2.47. The summed E-state index contributed by atoms with van der Waals surface area (Å²) in [5.74, 6) is -0.241. The van der Waals surface area contributed by atoms with Gasteiger partial charge in [0, 0.05) is 18.2 Å². The fourth-order valence-electron chi connectivity index (χ4n) is 3.83. The maximum atomic E-state index is 12.6. The number of nitrogen functional groups attached to an aromatic ring is 1. The van der Waals surface area contributed by atoms with Crippen molar-refractivity contribution in [3.63, 3.8) is 0 Å². The monoisotopic (exact) mass is 419 g/mol. The predicted molar refractivity (Wildman–Crippen MR) is 93.2 cm³/mol. The summed E-state index contributed by atoms with van der Waals surface area (Å²) in [6, 6.07) is 0. The molecule has 2 aliphatic heterocycles. The van der Waals surface area contributed by atoms with Crippen LogP contribution in [-0.2, 0) is 21.8 Å². The summed E-state index contributed by atoms with van der Waals surface area (Å²) < 4.78 is 12.2. The summed E-state index contributed by atoms with van der Waals surface area (Å²) in [5, 5.41) is 69.6. The van der Waals surface area contributed by atoms with Crippen molar-refractivity contribution in [3.05, 3.63) is 22.2 Å². The van der Waals surface area contributed by atoms with Crippen molar-refractivity contribution in [3.8, 4) is 0 Å². The molecule has 0 aliphatic carbocycles. The Labute approximate surface area is 164 Å². The number of hydrogen-bond acceptors (Lipinski definition) is 12. The Morgan fingerprint density at radius 3 is 2.31 bits per heavy atom. The highest BCUT2D eigenvalue weighted by Crippen LogP contribution is 2.43. The van der Waals surface area contributed by atoms with Crippen LogP contribution >= 0.6 is 0 Å². The van der Waals surface area contributed by atoms with Gasteiger partial charge in [-0.05, 0) is 0 Å². The van der Waals surface area contributed by atoms with Gasteiger partial charge in [0.2, 0.25) is 0 Å². The minimum Gasteiger partial charge on any atom is -0.394 e. The molecule has 9 N–H and O–H groups in total. The van der Waals surface area contributed by atoms with Gasteiger partial charge >= 0.3 is 5.69 Å². The third-order valence-electron chi connectivity index (χ3n) is 5.42.